The van der Waals surface area contributed by atoms with E-state index in [4.69, 9.17) is 4.42 Å². The van der Waals surface area contributed by atoms with Gasteiger partial charge in [0.25, 0.3) is 5.91 Å². The first-order chi connectivity index (χ1) is 12.1. The maximum Gasteiger partial charge on any atom is 0.336 e. The molecule has 0 bridgehead atoms. The van der Waals surface area contributed by atoms with Crippen LogP contribution in [0.1, 0.15) is 52.2 Å². The molecule has 0 unspecified atom stereocenters. The fourth-order valence-corrected chi connectivity index (χ4v) is 4.30. The summed E-state index contributed by atoms with van der Waals surface area (Å²) in [4.78, 5) is 39.8. The van der Waals surface area contributed by atoms with Gasteiger partial charge < -0.3 is 4.42 Å². The molecular weight excluding hydrogens is 338 g/mol. The average molecular weight is 357 g/mol. The molecule has 3 heterocycles. The summed E-state index contributed by atoms with van der Waals surface area (Å²) < 4.78 is 5.19. The second kappa shape index (κ2) is 6.59. The molecule has 5 nitrogen and oxygen atoms in total. The fraction of sp³-hybridized carbons (Fsp3) is 0.421. The summed E-state index contributed by atoms with van der Waals surface area (Å²) in [7, 11) is 0. The summed E-state index contributed by atoms with van der Waals surface area (Å²) in [6.07, 6.45) is 5.18. The van der Waals surface area contributed by atoms with Gasteiger partial charge in [-0.25, -0.2) is 4.79 Å². The number of carbonyl (C=O) groups is 2. The number of rotatable bonds is 5. The summed E-state index contributed by atoms with van der Waals surface area (Å²) in [5.41, 5.74) is 0.671. The monoisotopic (exact) mass is 357 g/mol. The minimum absolute atomic E-state index is 0.00553. The fourth-order valence-electron chi connectivity index (χ4n) is 3.55. The van der Waals surface area contributed by atoms with Crippen molar-refractivity contribution < 1.29 is 14.0 Å². The van der Waals surface area contributed by atoms with Gasteiger partial charge in [0.2, 0.25) is 5.91 Å². The lowest BCUT2D eigenvalue weighted by atomic mass is 9.88. The van der Waals surface area contributed by atoms with E-state index in [9.17, 15) is 14.4 Å². The largest absolute Gasteiger partial charge is 0.426 e. The van der Waals surface area contributed by atoms with E-state index in [1.54, 1.807) is 11.3 Å². The van der Waals surface area contributed by atoms with Crippen molar-refractivity contribution in [3.8, 4) is 0 Å². The molecule has 1 saturated carbocycles. The van der Waals surface area contributed by atoms with Crippen molar-refractivity contribution in [3.63, 3.8) is 0 Å². The Kier molecular flexibility index (Phi) is 4.29. The Morgan fingerprint density at radius 3 is 2.72 bits per heavy atom. The average Bonchev–Trinajstić information content (AvgIpc) is 3.02. The number of hydrogen-bond acceptors (Lipinski definition) is 5. The maximum absolute atomic E-state index is 12.9. The molecule has 0 atom stereocenters. The Morgan fingerprint density at radius 2 is 2.04 bits per heavy atom. The van der Waals surface area contributed by atoms with E-state index in [1.165, 1.54) is 15.8 Å². The van der Waals surface area contributed by atoms with Crippen LogP contribution in [-0.2, 0) is 24.1 Å². The molecule has 2 aromatic heterocycles. The number of thiophene rings is 1. The van der Waals surface area contributed by atoms with E-state index in [1.807, 2.05) is 11.4 Å². The molecule has 0 aromatic carbocycles. The first-order valence-corrected chi connectivity index (χ1v) is 9.56. The Hall–Kier alpha value is -2.21. The van der Waals surface area contributed by atoms with E-state index in [2.05, 4.69) is 6.07 Å². The van der Waals surface area contributed by atoms with Crippen LogP contribution in [0.15, 0.2) is 32.8 Å². The zero-order chi connectivity index (χ0) is 17.4. The van der Waals surface area contributed by atoms with E-state index in [0.717, 1.165) is 32.1 Å². The van der Waals surface area contributed by atoms with Crippen LogP contribution in [0, 0.1) is 0 Å². The SMILES string of the molecule is O=C1Cc2oc(=O)cc(CCCc3cccs3)c2C(=O)N1C1CCC1. The molecule has 1 aliphatic heterocycles. The van der Waals surface area contributed by atoms with Crippen LogP contribution >= 0.6 is 11.3 Å². The molecule has 0 saturated heterocycles. The molecule has 6 heteroatoms. The lowest BCUT2D eigenvalue weighted by Gasteiger charge is -2.38. The third-order valence-electron chi connectivity index (χ3n) is 5.02. The minimum Gasteiger partial charge on any atom is -0.426 e. The lowest BCUT2D eigenvalue weighted by molar-refractivity contribution is -0.132. The molecule has 130 valence electrons. The number of carbonyl (C=O) groups excluding carboxylic acids is 2. The Bertz CT molecular complexity index is 864. The van der Waals surface area contributed by atoms with E-state index in [-0.39, 0.29) is 30.0 Å². The van der Waals surface area contributed by atoms with Crippen LogP contribution in [0.2, 0.25) is 0 Å². The lowest BCUT2D eigenvalue weighted by Crippen LogP contribution is -2.51. The van der Waals surface area contributed by atoms with Gasteiger partial charge in [0.05, 0.1) is 12.0 Å². The molecule has 2 aromatic rings. The molecule has 0 N–H and O–H groups in total. The van der Waals surface area contributed by atoms with Crippen LogP contribution < -0.4 is 5.63 Å². The number of fused-ring (bicyclic) bond motifs is 1. The first kappa shape index (κ1) is 16.3. The summed E-state index contributed by atoms with van der Waals surface area (Å²) in [6, 6.07) is 5.53. The van der Waals surface area contributed by atoms with Gasteiger partial charge >= 0.3 is 5.63 Å². The van der Waals surface area contributed by atoms with Crippen molar-refractivity contribution in [2.24, 2.45) is 0 Å². The van der Waals surface area contributed by atoms with E-state index < -0.39 is 5.63 Å². The number of hydrogen-bond donors (Lipinski definition) is 0. The number of amides is 2. The quantitative estimate of drug-likeness (QED) is 0.772. The number of nitrogens with zero attached hydrogens (tertiary/aromatic N) is 1. The molecule has 25 heavy (non-hydrogen) atoms. The van der Waals surface area contributed by atoms with Crippen molar-refractivity contribution >= 4 is 23.2 Å². The minimum atomic E-state index is -0.484. The van der Waals surface area contributed by atoms with Crippen molar-refractivity contribution in [3.05, 3.63) is 55.8 Å². The highest BCUT2D eigenvalue weighted by Gasteiger charge is 2.40. The molecule has 0 spiro atoms. The topological polar surface area (TPSA) is 67.6 Å². The third-order valence-corrected chi connectivity index (χ3v) is 5.95. The second-order valence-corrected chi connectivity index (χ2v) is 7.68. The maximum atomic E-state index is 12.9. The Balaban J connectivity index is 1.61. The van der Waals surface area contributed by atoms with Gasteiger partial charge in [-0.15, -0.1) is 11.3 Å². The van der Waals surface area contributed by atoms with Crippen molar-refractivity contribution in [1.29, 1.82) is 0 Å². The summed E-state index contributed by atoms with van der Waals surface area (Å²) in [5, 5.41) is 2.04. The standard InChI is InChI=1S/C19H19NO4S/c21-16-11-15-18(19(23)20(16)13-5-2-6-13)12(10-17(22)24-15)4-1-7-14-8-3-9-25-14/h3,8-10,13H,1-2,4-7,11H2. The van der Waals surface area contributed by atoms with Crippen LogP contribution in [0.4, 0.5) is 0 Å². The number of aryl methyl sites for hydroxylation is 2. The summed E-state index contributed by atoms with van der Waals surface area (Å²) in [5.74, 6) is -0.295. The molecule has 1 fully saturated rings. The van der Waals surface area contributed by atoms with Gasteiger partial charge in [-0.3, -0.25) is 14.5 Å². The molecule has 4 rings (SSSR count). The van der Waals surface area contributed by atoms with Crippen molar-refractivity contribution in [2.75, 3.05) is 0 Å². The van der Waals surface area contributed by atoms with E-state index in [0.29, 0.717) is 17.5 Å². The van der Waals surface area contributed by atoms with Gasteiger partial charge in [-0.1, -0.05) is 6.07 Å². The Labute approximate surface area is 149 Å². The first-order valence-electron chi connectivity index (χ1n) is 8.68. The van der Waals surface area contributed by atoms with Gasteiger partial charge in [0.1, 0.15) is 5.76 Å². The summed E-state index contributed by atoms with van der Waals surface area (Å²) in [6.45, 7) is 0. The highest BCUT2D eigenvalue weighted by Crippen LogP contribution is 2.31. The molecule has 2 aliphatic rings. The highest BCUT2D eigenvalue weighted by atomic mass is 32.1. The Morgan fingerprint density at radius 1 is 1.20 bits per heavy atom. The molecule has 0 radical (unpaired) electrons. The van der Waals surface area contributed by atoms with Gasteiger partial charge in [0.15, 0.2) is 0 Å². The zero-order valence-electron chi connectivity index (χ0n) is 13.8. The van der Waals surface area contributed by atoms with Crippen LogP contribution in [0.25, 0.3) is 0 Å². The van der Waals surface area contributed by atoms with E-state index >= 15 is 0 Å². The second-order valence-electron chi connectivity index (χ2n) is 6.65. The molecular formula is C19H19NO4S. The van der Waals surface area contributed by atoms with Crippen LogP contribution in [-0.4, -0.2) is 22.8 Å². The smallest absolute Gasteiger partial charge is 0.336 e. The third kappa shape index (κ3) is 3.06. The van der Waals surface area contributed by atoms with Crippen LogP contribution in [0.3, 0.4) is 0 Å². The van der Waals surface area contributed by atoms with Gasteiger partial charge in [0, 0.05) is 17.0 Å². The normalized spacial score (nSPS) is 17.5. The zero-order valence-corrected chi connectivity index (χ0v) is 14.6. The predicted octanol–water partition coefficient (Wildman–Crippen LogP) is 2.95. The highest BCUT2D eigenvalue weighted by molar-refractivity contribution is 7.09. The predicted molar refractivity (Wildman–Crippen MR) is 93.8 cm³/mol. The van der Waals surface area contributed by atoms with Crippen LogP contribution in [0.5, 0.6) is 0 Å². The summed E-state index contributed by atoms with van der Waals surface area (Å²) >= 11 is 1.71. The number of imide groups is 1. The van der Waals surface area contributed by atoms with Crippen molar-refractivity contribution in [2.45, 2.75) is 51.0 Å². The van der Waals surface area contributed by atoms with Crippen molar-refractivity contribution in [1.82, 2.24) is 4.90 Å². The van der Waals surface area contributed by atoms with Gasteiger partial charge in [-0.05, 0) is 55.5 Å². The molecule has 1 aliphatic carbocycles. The molecule has 2 amide bonds. The van der Waals surface area contributed by atoms with Gasteiger partial charge in [-0.2, -0.15) is 0 Å².